The van der Waals surface area contributed by atoms with Crippen LogP contribution >= 0.6 is 0 Å². The zero-order chi connectivity index (χ0) is 34.9. The van der Waals surface area contributed by atoms with Crippen LogP contribution in [0.5, 0.6) is 5.75 Å². The normalized spacial score (nSPS) is 27.2. The van der Waals surface area contributed by atoms with Crippen LogP contribution in [0.4, 0.5) is 11.4 Å². The number of anilines is 2. The lowest BCUT2D eigenvalue weighted by molar-refractivity contribution is -0.138. The molecule has 50 heavy (non-hydrogen) atoms. The van der Waals surface area contributed by atoms with Crippen LogP contribution in [0, 0.1) is 37.5 Å². The molecule has 6 atom stereocenters. The van der Waals surface area contributed by atoms with Gasteiger partial charge in [-0.3, -0.25) is 29.5 Å². The first-order valence-corrected chi connectivity index (χ1v) is 17.4. The first kappa shape index (κ1) is 31.7. The number of aryl methyl sites for hydroxylation is 3. The summed E-state index contributed by atoms with van der Waals surface area (Å²) in [4.78, 5) is 59.9. The van der Waals surface area contributed by atoms with Gasteiger partial charge in [0.05, 0.1) is 34.5 Å². The van der Waals surface area contributed by atoms with Crippen molar-refractivity contribution in [3.63, 3.8) is 0 Å². The van der Waals surface area contributed by atoms with Crippen molar-refractivity contribution in [3.05, 3.63) is 137 Å². The van der Waals surface area contributed by atoms with Crippen molar-refractivity contribution >= 4 is 35.0 Å². The third kappa shape index (κ3) is 4.57. The first-order valence-electron chi connectivity index (χ1n) is 17.4. The molecule has 8 nitrogen and oxygen atoms in total. The lowest BCUT2D eigenvalue weighted by Gasteiger charge is -2.50. The molecule has 4 aromatic carbocycles. The SMILES string of the molecule is CCc1ccc(N2C(=O)C3CC=C4C(CC5C(=O)N(Nc6ccc(C)cc6)C(=O)C5(c5ccccc5)C4c4ccc(O)c(C)c4)C3C2=O)cc1. The van der Waals surface area contributed by atoms with E-state index >= 15 is 4.79 Å². The van der Waals surface area contributed by atoms with E-state index in [-0.39, 0.29) is 35.8 Å². The number of benzene rings is 4. The van der Waals surface area contributed by atoms with Crippen molar-refractivity contribution in [2.45, 2.75) is 51.4 Å². The number of hydrogen-bond acceptors (Lipinski definition) is 6. The number of carbonyl (C=O) groups is 4. The van der Waals surface area contributed by atoms with E-state index in [1.807, 2.05) is 105 Å². The van der Waals surface area contributed by atoms with E-state index in [1.165, 1.54) is 9.91 Å². The molecule has 2 heterocycles. The van der Waals surface area contributed by atoms with Gasteiger partial charge in [-0.1, -0.05) is 90.9 Å². The molecule has 252 valence electrons. The molecule has 8 heteroatoms. The Bertz CT molecular complexity index is 2070. The van der Waals surface area contributed by atoms with E-state index in [4.69, 9.17) is 0 Å². The Morgan fingerprint density at radius 1 is 0.820 bits per heavy atom. The third-order valence-electron chi connectivity index (χ3n) is 11.6. The van der Waals surface area contributed by atoms with Crippen molar-refractivity contribution in [1.82, 2.24) is 5.01 Å². The summed E-state index contributed by atoms with van der Waals surface area (Å²) < 4.78 is 0. The Labute approximate surface area is 291 Å². The van der Waals surface area contributed by atoms with Gasteiger partial charge >= 0.3 is 0 Å². The molecule has 3 fully saturated rings. The highest BCUT2D eigenvalue weighted by atomic mass is 16.3. The molecule has 0 bridgehead atoms. The Balaban J connectivity index is 1.30. The highest BCUT2D eigenvalue weighted by molar-refractivity contribution is 6.22. The average Bonchev–Trinajstić information content (AvgIpc) is 3.51. The molecular weight excluding hydrogens is 626 g/mol. The number of phenolic OH excluding ortho intramolecular Hbond substituents is 1. The van der Waals surface area contributed by atoms with Crippen LogP contribution in [-0.4, -0.2) is 33.7 Å². The number of hydrogen-bond donors (Lipinski definition) is 2. The van der Waals surface area contributed by atoms with Gasteiger partial charge in [-0.05, 0) is 91.6 Å². The number of allylic oxidation sites excluding steroid dienone is 2. The van der Waals surface area contributed by atoms with Gasteiger partial charge in [0.2, 0.25) is 11.8 Å². The number of imide groups is 2. The number of hydrazine groups is 1. The van der Waals surface area contributed by atoms with Gasteiger partial charge in [0, 0.05) is 5.92 Å². The van der Waals surface area contributed by atoms with Gasteiger partial charge in [-0.2, -0.15) is 5.01 Å². The molecule has 4 amide bonds. The van der Waals surface area contributed by atoms with Gasteiger partial charge in [0.25, 0.3) is 11.8 Å². The van der Waals surface area contributed by atoms with Crippen LogP contribution in [-0.2, 0) is 31.0 Å². The molecule has 8 rings (SSSR count). The number of nitrogens with one attached hydrogen (secondary N) is 1. The minimum absolute atomic E-state index is 0.127. The number of nitrogens with zero attached hydrogens (tertiary/aromatic N) is 2. The smallest absolute Gasteiger partial charge is 0.260 e. The van der Waals surface area contributed by atoms with Crippen molar-refractivity contribution in [2.75, 3.05) is 10.3 Å². The highest BCUT2D eigenvalue weighted by Crippen LogP contribution is 2.64. The predicted molar refractivity (Wildman–Crippen MR) is 190 cm³/mol. The van der Waals surface area contributed by atoms with E-state index in [9.17, 15) is 19.5 Å². The van der Waals surface area contributed by atoms with Gasteiger partial charge in [-0.15, -0.1) is 0 Å². The fourth-order valence-electron chi connectivity index (χ4n) is 9.12. The number of phenols is 1. The number of amides is 4. The molecule has 0 radical (unpaired) electrons. The topological polar surface area (TPSA) is 107 Å². The molecule has 1 saturated carbocycles. The van der Waals surface area contributed by atoms with E-state index in [0.29, 0.717) is 28.9 Å². The van der Waals surface area contributed by atoms with Gasteiger partial charge in [0.1, 0.15) is 5.75 Å². The number of aromatic hydroxyl groups is 1. The lowest BCUT2D eigenvalue weighted by Crippen LogP contribution is -2.53. The summed E-state index contributed by atoms with van der Waals surface area (Å²) in [5, 5.41) is 11.7. The molecule has 0 spiro atoms. The lowest BCUT2D eigenvalue weighted by atomic mass is 9.49. The molecule has 2 aliphatic carbocycles. The Morgan fingerprint density at radius 3 is 2.22 bits per heavy atom. The van der Waals surface area contributed by atoms with Gasteiger partial charge in [0.15, 0.2) is 0 Å². The van der Waals surface area contributed by atoms with E-state index in [2.05, 4.69) is 18.4 Å². The van der Waals surface area contributed by atoms with Crippen molar-refractivity contribution in [2.24, 2.45) is 23.7 Å². The van der Waals surface area contributed by atoms with Crippen LogP contribution in [0.2, 0.25) is 0 Å². The Morgan fingerprint density at radius 2 is 1.54 bits per heavy atom. The average molecular weight is 666 g/mol. The van der Waals surface area contributed by atoms with Crippen LogP contribution in [0.15, 0.2) is 109 Å². The summed E-state index contributed by atoms with van der Waals surface area (Å²) in [6, 6.07) is 29.9. The minimum atomic E-state index is -1.35. The molecule has 4 aliphatic rings. The fourth-order valence-corrected chi connectivity index (χ4v) is 9.12. The summed E-state index contributed by atoms with van der Waals surface area (Å²) >= 11 is 0. The van der Waals surface area contributed by atoms with E-state index in [0.717, 1.165) is 28.7 Å². The standard InChI is InChI=1S/C42H39N3O5/c1-4-26-12-17-30(18-13-26)44-38(47)32-20-19-31-33(36(32)40(44)49)23-34-39(48)45(43-29-15-10-24(2)11-16-29)41(50)42(34,28-8-6-5-7-9-28)37(31)27-14-21-35(46)25(3)22-27/h5-19,21-22,32-34,36-37,43,46H,4,20,23H2,1-3H3. The van der Waals surface area contributed by atoms with Crippen molar-refractivity contribution < 1.29 is 24.3 Å². The molecule has 2 saturated heterocycles. The van der Waals surface area contributed by atoms with Crippen LogP contribution in [0.3, 0.4) is 0 Å². The zero-order valence-corrected chi connectivity index (χ0v) is 28.3. The quantitative estimate of drug-likeness (QED) is 0.174. The molecular formula is C42H39N3O5. The number of fused-ring (bicyclic) bond motifs is 4. The summed E-state index contributed by atoms with van der Waals surface area (Å²) in [6.45, 7) is 5.84. The Kier molecular flexibility index (Phi) is 7.51. The highest BCUT2D eigenvalue weighted by Gasteiger charge is 2.70. The van der Waals surface area contributed by atoms with Gasteiger partial charge in [-0.25, -0.2) is 0 Å². The summed E-state index contributed by atoms with van der Waals surface area (Å²) in [7, 11) is 0. The van der Waals surface area contributed by atoms with E-state index < -0.39 is 35.0 Å². The van der Waals surface area contributed by atoms with Crippen LogP contribution < -0.4 is 10.3 Å². The van der Waals surface area contributed by atoms with Gasteiger partial charge < -0.3 is 5.11 Å². The zero-order valence-electron chi connectivity index (χ0n) is 28.3. The summed E-state index contributed by atoms with van der Waals surface area (Å²) in [5.74, 6) is -4.29. The molecule has 6 unspecified atom stereocenters. The molecule has 2 N–H and O–H groups in total. The molecule has 4 aromatic rings. The second kappa shape index (κ2) is 11.8. The van der Waals surface area contributed by atoms with Crippen LogP contribution in [0.1, 0.15) is 53.5 Å². The van der Waals surface area contributed by atoms with Crippen molar-refractivity contribution in [1.29, 1.82) is 0 Å². The molecule has 0 aromatic heterocycles. The predicted octanol–water partition coefficient (Wildman–Crippen LogP) is 6.76. The monoisotopic (exact) mass is 665 g/mol. The maximum absolute atomic E-state index is 15.2. The van der Waals surface area contributed by atoms with Crippen molar-refractivity contribution in [3.8, 4) is 5.75 Å². The Hall–Kier alpha value is -5.50. The third-order valence-corrected chi connectivity index (χ3v) is 11.6. The number of carbonyl (C=O) groups excluding carboxylic acids is 4. The minimum Gasteiger partial charge on any atom is -0.508 e. The van der Waals surface area contributed by atoms with E-state index in [1.54, 1.807) is 6.07 Å². The largest absolute Gasteiger partial charge is 0.508 e. The first-order chi connectivity index (χ1) is 24.1. The number of rotatable bonds is 6. The molecule has 2 aliphatic heterocycles. The summed E-state index contributed by atoms with van der Waals surface area (Å²) in [5.41, 5.74) is 8.10. The second-order valence-electron chi connectivity index (χ2n) is 14.2. The fraction of sp³-hybridized carbons (Fsp3) is 0.286. The van der Waals surface area contributed by atoms with Crippen LogP contribution in [0.25, 0.3) is 0 Å². The second-order valence-corrected chi connectivity index (χ2v) is 14.2. The summed E-state index contributed by atoms with van der Waals surface area (Å²) in [6.07, 6.45) is 3.48. The maximum Gasteiger partial charge on any atom is 0.260 e. The maximum atomic E-state index is 15.2.